The summed E-state index contributed by atoms with van der Waals surface area (Å²) in [5, 5.41) is 17.6. The first kappa shape index (κ1) is 30.6. The molecule has 0 aliphatic carbocycles. The molecule has 240 valence electrons. The Bertz CT molecular complexity index is 2230. The minimum Gasteiger partial charge on any atom is -0.330 e. The van der Waals surface area contributed by atoms with E-state index in [-0.39, 0.29) is 28.6 Å². The molecule has 7 rings (SSSR count). The maximum Gasteiger partial charge on any atom is 0.417 e. The van der Waals surface area contributed by atoms with Crippen molar-refractivity contribution in [3.8, 4) is 17.3 Å². The molecule has 0 saturated carbocycles. The number of rotatable bonds is 5. The van der Waals surface area contributed by atoms with E-state index in [2.05, 4.69) is 26.1 Å². The molecule has 1 atom stereocenters. The van der Waals surface area contributed by atoms with E-state index in [1.54, 1.807) is 50.9 Å². The SMILES string of the molecule is C[C@@H]1Cc2c(n3ncc(Cc4ccccc4)c3n(-c3cc(-c4nncn4C)n(C)n3)c2=O)CN1C(=O)c1ccc(Br)c(C(F)(F)F)c1. The van der Waals surface area contributed by atoms with Crippen molar-refractivity contribution >= 4 is 27.5 Å². The number of aryl methyl sites for hydroxylation is 2. The largest absolute Gasteiger partial charge is 0.417 e. The minimum absolute atomic E-state index is 0.0296. The molecule has 5 heterocycles. The molecular formula is C32H27BrF3N9O2. The topological polar surface area (TPSA) is 108 Å². The second kappa shape index (κ2) is 11.3. The maximum atomic E-state index is 14.5. The van der Waals surface area contributed by atoms with Gasteiger partial charge in [0.15, 0.2) is 11.6 Å². The van der Waals surface area contributed by atoms with E-state index in [9.17, 15) is 22.8 Å². The number of carbonyl (C=O) groups is 1. The molecule has 0 radical (unpaired) electrons. The van der Waals surface area contributed by atoms with Gasteiger partial charge in [-0.3, -0.25) is 14.3 Å². The van der Waals surface area contributed by atoms with Crippen LogP contribution in [0, 0.1) is 0 Å². The van der Waals surface area contributed by atoms with Crippen LogP contribution in [-0.2, 0) is 39.7 Å². The van der Waals surface area contributed by atoms with Crippen LogP contribution in [0.5, 0.6) is 0 Å². The van der Waals surface area contributed by atoms with E-state index in [1.807, 2.05) is 37.4 Å². The van der Waals surface area contributed by atoms with Crippen LogP contribution in [0.2, 0.25) is 0 Å². The molecule has 1 amide bonds. The lowest BCUT2D eigenvalue weighted by Gasteiger charge is -2.35. The van der Waals surface area contributed by atoms with Gasteiger partial charge in [0, 0.05) is 53.8 Å². The number of hydrogen-bond donors (Lipinski definition) is 0. The predicted octanol–water partition coefficient (Wildman–Crippen LogP) is 4.97. The summed E-state index contributed by atoms with van der Waals surface area (Å²) in [5.41, 5.74) is 2.46. The molecular weight excluding hydrogens is 679 g/mol. The molecule has 2 aromatic carbocycles. The van der Waals surface area contributed by atoms with Crippen LogP contribution in [0.25, 0.3) is 23.0 Å². The van der Waals surface area contributed by atoms with Gasteiger partial charge in [-0.1, -0.05) is 46.3 Å². The van der Waals surface area contributed by atoms with Gasteiger partial charge in [0.25, 0.3) is 11.5 Å². The highest BCUT2D eigenvalue weighted by molar-refractivity contribution is 9.10. The molecule has 0 N–H and O–H groups in total. The number of alkyl halides is 3. The number of carbonyl (C=O) groups excluding carboxylic acids is 1. The number of hydrogen-bond acceptors (Lipinski definition) is 6. The third-order valence-corrected chi connectivity index (χ3v) is 9.19. The fourth-order valence-corrected chi connectivity index (χ4v) is 6.61. The summed E-state index contributed by atoms with van der Waals surface area (Å²) in [6, 6.07) is 14.4. The molecule has 1 aliphatic rings. The predicted molar refractivity (Wildman–Crippen MR) is 169 cm³/mol. The number of fused-ring (bicyclic) bond motifs is 3. The quantitative estimate of drug-likeness (QED) is 0.251. The fourth-order valence-electron chi connectivity index (χ4n) is 6.14. The van der Waals surface area contributed by atoms with Gasteiger partial charge in [0.05, 0.1) is 24.0 Å². The second-order valence-corrected chi connectivity index (χ2v) is 12.4. The molecule has 0 fully saturated rings. The molecule has 0 spiro atoms. The Kier molecular flexibility index (Phi) is 7.38. The first-order valence-electron chi connectivity index (χ1n) is 14.7. The third kappa shape index (κ3) is 5.23. The van der Waals surface area contributed by atoms with Gasteiger partial charge in [-0.25, -0.2) is 9.08 Å². The van der Waals surface area contributed by atoms with E-state index in [0.29, 0.717) is 40.7 Å². The third-order valence-electron chi connectivity index (χ3n) is 8.50. The Balaban J connectivity index is 1.38. The summed E-state index contributed by atoms with van der Waals surface area (Å²) in [7, 11) is 3.57. The average molecular weight is 707 g/mol. The second-order valence-electron chi connectivity index (χ2n) is 11.6. The molecule has 0 unspecified atom stereocenters. The van der Waals surface area contributed by atoms with E-state index in [0.717, 1.165) is 17.2 Å². The highest BCUT2D eigenvalue weighted by Gasteiger charge is 2.37. The standard InChI is InChI=1S/C32H27BrF3N9O2/c1-18-11-22-26(16-43(18)30(46)20-9-10-24(33)23(13-20)32(34,35)36)45-29(21(15-38-45)12-19-7-5-4-6-8-19)44(31(22)47)27-14-25(42(3)40-27)28-39-37-17-41(28)2/h4-10,13-15,17-18H,11-12,16H2,1-3H3/t18-/m1/s1. The highest BCUT2D eigenvalue weighted by atomic mass is 79.9. The van der Waals surface area contributed by atoms with Crippen molar-refractivity contribution in [1.82, 2.24) is 43.6 Å². The minimum atomic E-state index is -4.64. The van der Waals surface area contributed by atoms with E-state index < -0.39 is 23.7 Å². The first-order valence-corrected chi connectivity index (χ1v) is 15.5. The smallest absolute Gasteiger partial charge is 0.330 e. The van der Waals surface area contributed by atoms with Gasteiger partial charge in [0.1, 0.15) is 17.7 Å². The van der Waals surface area contributed by atoms with Crippen molar-refractivity contribution in [3.63, 3.8) is 0 Å². The van der Waals surface area contributed by atoms with Gasteiger partial charge in [-0.15, -0.1) is 10.2 Å². The van der Waals surface area contributed by atoms with Crippen LogP contribution in [0.3, 0.4) is 0 Å². The van der Waals surface area contributed by atoms with Crippen molar-refractivity contribution in [3.05, 3.63) is 115 Å². The zero-order valence-corrected chi connectivity index (χ0v) is 27.0. The molecule has 1 aliphatic heterocycles. The van der Waals surface area contributed by atoms with Crippen molar-refractivity contribution in [1.29, 1.82) is 0 Å². The lowest BCUT2D eigenvalue weighted by atomic mass is 9.98. The van der Waals surface area contributed by atoms with Gasteiger partial charge in [-0.2, -0.15) is 23.4 Å². The summed E-state index contributed by atoms with van der Waals surface area (Å²) < 4.78 is 47.4. The highest BCUT2D eigenvalue weighted by Crippen LogP contribution is 2.36. The molecule has 0 saturated heterocycles. The van der Waals surface area contributed by atoms with Crippen LogP contribution >= 0.6 is 15.9 Å². The van der Waals surface area contributed by atoms with Crippen LogP contribution in [0.4, 0.5) is 13.2 Å². The van der Waals surface area contributed by atoms with E-state index in [1.165, 1.54) is 17.0 Å². The van der Waals surface area contributed by atoms with Crippen LogP contribution in [-0.4, -0.2) is 55.6 Å². The van der Waals surface area contributed by atoms with Crippen LogP contribution < -0.4 is 5.56 Å². The molecule has 4 aromatic heterocycles. The van der Waals surface area contributed by atoms with Gasteiger partial charge in [0.2, 0.25) is 0 Å². The number of nitrogens with zero attached hydrogens (tertiary/aromatic N) is 9. The number of halogens is 4. The lowest BCUT2D eigenvalue weighted by Crippen LogP contribution is -2.46. The Morgan fingerprint density at radius 1 is 1.09 bits per heavy atom. The fraction of sp³-hybridized carbons (Fsp3) is 0.250. The van der Waals surface area contributed by atoms with E-state index in [4.69, 9.17) is 10.2 Å². The first-order chi connectivity index (χ1) is 22.4. The van der Waals surface area contributed by atoms with Gasteiger partial charge < -0.3 is 9.47 Å². The normalized spacial score (nSPS) is 15.0. The van der Waals surface area contributed by atoms with Gasteiger partial charge >= 0.3 is 6.18 Å². The Morgan fingerprint density at radius 3 is 2.55 bits per heavy atom. The summed E-state index contributed by atoms with van der Waals surface area (Å²) in [4.78, 5) is 29.7. The van der Waals surface area contributed by atoms with Crippen molar-refractivity contribution in [2.24, 2.45) is 14.1 Å². The Morgan fingerprint density at radius 2 is 1.85 bits per heavy atom. The number of amides is 1. The summed E-state index contributed by atoms with van der Waals surface area (Å²) in [5.74, 6) is 0.350. The van der Waals surface area contributed by atoms with E-state index >= 15 is 0 Å². The van der Waals surface area contributed by atoms with Crippen molar-refractivity contribution < 1.29 is 18.0 Å². The Labute approximate surface area is 274 Å². The average Bonchev–Trinajstić information content (AvgIpc) is 3.75. The van der Waals surface area contributed by atoms with Crippen LogP contribution in [0.15, 0.2) is 76.4 Å². The molecule has 47 heavy (non-hydrogen) atoms. The maximum absolute atomic E-state index is 14.5. The van der Waals surface area contributed by atoms with Crippen molar-refractivity contribution in [2.75, 3.05) is 0 Å². The summed E-state index contributed by atoms with van der Waals surface area (Å²) in [6.45, 7) is 1.74. The van der Waals surface area contributed by atoms with Gasteiger partial charge in [-0.05, 0) is 37.1 Å². The lowest BCUT2D eigenvalue weighted by molar-refractivity contribution is -0.138. The number of aromatic nitrogens is 8. The Hall–Kier alpha value is -5.05. The summed E-state index contributed by atoms with van der Waals surface area (Å²) >= 11 is 2.94. The molecule has 15 heteroatoms. The summed E-state index contributed by atoms with van der Waals surface area (Å²) in [6.07, 6.45) is -0.750. The molecule has 0 bridgehead atoms. The van der Waals surface area contributed by atoms with Crippen molar-refractivity contribution in [2.45, 2.75) is 38.5 Å². The zero-order chi connectivity index (χ0) is 33.2. The van der Waals surface area contributed by atoms with Crippen LogP contribution in [0.1, 0.15) is 45.2 Å². The number of benzene rings is 2. The molecule has 6 aromatic rings. The zero-order valence-electron chi connectivity index (χ0n) is 25.4. The monoisotopic (exact) mass is 705 g/mol. The molecule has 11 nitrogen and oxygen atoms in total.